The Kier molecular flexibility index (Phi) is 6.16. The summed E-state index contributed by atoms with van der Waals surface area (Å²) in [6.07, 6.45) is 2.16. The lowest BCUT2D eigenvalue weighted by Gasteiger charge is -2.24. The van der Waals surface area contributed by atoms with E-state index in [1.807, 2.05) is 44.2 Å². The van der Waals surface area contributed by atoms with E-state index in [9.17, 15) is 0 Å². The van der Waals surface area contributed by atoms with E-state index in [-0.39, 0.29) is 12.2 Å². The van der Waals surface area contributed by atoms with Crippen molar-refractivity contribution in [3.05, 3.63) is 52.9 Å². The number of nitrogens with zero attached hydrogens (tertiary/aromatic N) is 2. The van der Waals surface area contributed by atoms with Gasteiger partial charge in [-0.1, -0.05) is 48.9 Å². The average molecular weight is 321 g/mol. The Morgan fingerprint density at radius 2 is 1.95 bits per heavy atom. The van der Waals surface area contributed by atoms with Crippen molar-refractivity contribution in [2.75, 3.05) is 0 Å². The molecular formula is C17H21ClN2O2. The van der Waals surface area contributed by atoms with Crippen LogP contribution in [-0.4, -0.2) is 22.2 Å². The number of benzene rings is 1. The molecule has 0 unspecified atom stereocenters. The van der Waals surface area contributed by atoms with Crippen molar-refractivity contribution in [3.63, 3.8) is 0 Å². The van der Waals surface area contributed by atoms with Crippen molar-refractivity contribution in [2.24, 2.45) is 0 Å². The molecule has 1 aromatic heterocycles. The van der Waals surface area contributed by atoms with Gasteiger partial charge in [0, 0.05) is 0 Å². The molecule has 0 spiro atoms. The van der Waals surface area contributed by atoms with Gasteiger partial charge in [-0.3, -0.25) is 4.98 Å². The summed E-state index contributed by atoms with van der Waals surface area (Å²) in [5, 5.41) is 0.327. The number of rotatable bonds is 7. The Morgan fingerprint density at radius 1 is 1.23 bits per heavy atom. The molecule has 0 aliphatic rings. The zero-order valence-corrected chi connectivity index (χ0v) is 13.9. The highest BCUT2D eigenvalue weighted by molar-refractivity contribution is 6.29. The predicted molar refractivity (Wildman–Crippen MR) is 87.2 cm³/mol. The Labute approximate surface area is 136 Å². The fourth-order valence-electron chi connectivity index (χ4n) is 2.09. The van der Waals surface area contributed by atoms with E-state index in [4.69, 9.17) is 21.1 Å². The van der Waals surface area contributed by atoms with Crippen LogP contribution in [0.2, 0.25) is 5.15 Å². The normalized spacial score (nSPS) is 13.6. The van der Waals surface area contributed by atoms with Crippen LogP contribution in [0.3, 0.4) is 0 Å². The molecule has 0 saturated carbocycles. The third-order valence-electron chi connectivity index (χ3n) is 3.43. The second-order valence-electron chi connectivity index (χ2n) is 5.15. The predicted octanol–water partition coefficient (Wildman–Crippen LogP) is 4.20. The molecule has 0 aliphatic heterocycles. The minimum atomic E-state index is -0.102. The number of aryl methyl sites for hydroxylation is 1. The summed E-state index contributed by atoms with van der Waals surface area (Å²) in [5.74, 6) is 0.467. The first-order valence-corrected chi connectivity index (χ1v) is 7.79. The van der Waals surface area contributed by atoms with Crippen LogP contribution in [0.25, 0.3) is 0 Å². The van der Waals surface area contributed by atoms with E-state index in [1.165, 1.54) is 6.20 Å². The summed E-state index contributed by atoms with van der Waals surface area (Å²) in [6, 6.07) is 10.1. The van der Waals surface area contributed by atoms with Gasteiger partial charge >= 0.3 is 0 Å². The smallest absolute Gasteiger partial charge is 0.237 e. The zero-order valence-electron chi connectivity index (χ0n) is 13.1. The van der Waals surface area contributed by atoms with E-state index in [1.54, 1.807) is 0 Å². The number of hydrogen-bond acceptors (Lipinski definition) is 4. The Hall–Kier alpha value is -1.65. The van der Waals surface area contributed by atoms with Crippen LogP contribution in [0.5, 0.6) is 5.88 Å². The van der Waals surface area contributed by atoms with Crippen molar-refractivity contribution in [2.45, 2.75) is 46.0 Å². The minimum Gasteiger partial charge on any atom is -0.470 e. The highest BCUT2D eigenvalue weighted by Crippen LogP contribution is 2.20. The standard InChI is InChI=1S/C17H21ClN2O2/c1-4-15(22-17-12(2)19-10-16(18)20-17)13(3)21-11-14-8-6-5-7-9-14/h5-10,13,15H,4,11H2,1-3H3/t13-,15-/m1/s1. The molecular weight excluding hydrogens is 300 g/mol. The third-order valence-corrected chi connectivity index (χ3v) is 3.61. The SMILES string of the molecule is CC[C@@H](Oc1nc(Cl)cnc1C)[C@@H](C)OCc1ccccc1. The summed E-state index contributed by atoms with van der Waals surface area (Å²) in [4.78, 5) is 8.34. The van der Waals surface area contributed by atoms with Crippen molar-refractivity contribution >= 4 is 11.6 Å². The van der Waals surface area contributed by atoms with Crippen LogP contribution in [0, 0.1) is 6.92 Å². The fourth-order valence-corrected chi connectivity index (χ4v) is 2.21. The number of ether oxygens (including phenoxy) is 2. The van der Waals surface area contributed by atoms with E-state index in [0.29, 0.717) is 17.6 Å². The first-order chi connectivity index (χ1) is 10.6. The molecule has 2 rings (SSSR count). The maximum atomic E-state index is 5.94. The third kappa shape index (κ3) is 4.68. The Balaban J connectivity index is 1.96. The Morgan fingerprint density at radius 3 is 2.64 bits per heavy atom. The van der Waals surface area contributed by atoms with Crippen molar-refractivity contribution < 1.29 is 9.47 Å². The van der Waals surface area contributed by atoms with Gasteiger partial charge in [0.05, 0.1) is 24.6 Å². The van der Waals surface area contributed by atoms with Gasteiger partial charge in [-0.05, 0) is 25.8 Å². The highest BCUT2D eigenvalue weighted by Gasteiger charge is 2.20. The first kappa shape index (κ1) is 16.7. The summed E-state index contributed by atoms with van der Waals surface area (Å²) in [6.45, 7) is 6.47. The van der Waals surface area contributed by atoms with Crippen LogP contribution >= 0.6 is 11.6 Å². The average Bonchev–Trinajstić information content (AvgIpc) is 2.54. The molecule has 118 valence electrons. The highest BCUT2D eigenvalue weighted by atomic mass is 35.5. The lowest BCUT2D eigenvalue weighted by molar-refractivity contribution is -0.0268. The maximum Gasteiger partial charge on any atom is 0.237 e. The molecule has 2 aromatic rings. The molecule has 0 radical (unpaired) electrons. The molecule has 22 heavy (non-hydrogen) atoms. The van der Waals surface area contributed by atoms with E-state index >= 15 is 0 Å². The molecule has 0 aliphatic carbocycles. The zero-order chi connectivity index (χ0) is 15.9. The lowest BCUT2D eigenvalue weighted by atomic mass is 10.1. The van der Waals surface area contributed by atoms with Gasteiger partial charge in [0.1, 0.15) is 6.10 Å². The van der Waals surface area contributed by atoms with Crippen LogP contribution in [0.1, 0.15) is 31.5 Å². The van der Waals surface area contributed by atoms with Gasteiger partial charge in [0.2, 0.25) is 5.88 Å². The molecule has 0 fully saturated rings. The van der Waals surface area contributed by atoms with Crippen LogP contribution < -0.4 is 4.74 Å². The van der Waals surface area contributed by atoms with Gasteiger partial charge in [0.25, 0.3) is 0 Å². The molecule has 1 heterocycles. The van der Waals surface area contributed by atoms with E-state index < -0.39 is 0 Å². The Bertz CT molecular complexity index is 592. The minimum absolute atomic E-state index is 0.0645. The van der Waals surface area contributed by atoms with Gasteiger partial charge in [-0.25, -0.2) is 0 Å². The van der Waals surface area contributed by atoms with Gasteiger partial charge in [-0.15, -0.1) is 0 Å². The monoisotopic (exact) mass is 320 g/mol. The van der Waals surface area contributed by atoms with Crippen molar-refractivity contribution in [3.8, 4) is 5.88 Å². The second kappa shape index (κ2) is 8.11. The molecule has 2 atom stereocenters. The number of aromatic nitrogens is 2. The molecule has 1 aromatic carbocycles. The van der Waals surface area contributed by atoms with Crippen LogP contribution in [0.4, 0.5) is 0 Å². The second-order valence-corrected chi connectivity index (χ2v) is 5.54. The maximum absolute atomic E-state index is 5.94. The molecule has 4 nitrogen and oxygen atoms in total. The quantitative estimate of drug-likeness (QED) is 0.767. The lowest BCUT2D eigenvalue weighted by Crippen LogP contribution is -2.31. The molecule has 0 bridgehead atoms. The molecule has 0 amide bonds. The summed E-state index contributed by atoms with van der Waals surface area (Å²) >= 11 is 5.88. The van der Waals surface area contributed by atoms with Gasteiger partial charge in [-0.2, -0.15) is 4.98 Å². The van der Waals surface area contributed by atoms with Crippen molar-refractivity contribution in [1.29, 1.82) is 0 Å². The van der Waals surface area contributed by atoms with Gasteiger partial charge in [0.15, 0.2) is 5.15 Å². The van der Waals surface area contributed by atoms with Gasteiger partial charge < -0.3 is 9.47 Å². The molecule has 0 N–H and O–H groups in total. The van der Waals surface area contributed by atoms with E-state index in [2.05, 4.69) is 16.9 Å². The largest absolute Gasteiger partial charge is 0.470 e. The number of hydrogen-bond donors (Lipinski definition) is 0. The number of halogens is 1. The topological polar surface area (TPSA) is 44.2 Å². The molecule has 5 heteroatoms. The summed E-state index contributed by atoms with van der Waals surface area (Å²) < 4.78 is 11.9. The van der Waals surface area contributed by atoms with E-state index in [0.717, 1.165) is 17.7 Å². The fraction of sp³-hybridized carbons (Fsp3) is 0.412. The van der Waals surface area contributed by atoms with Crippen molar-refractivity contribution in [1.82, 2.24) is 9.97 Å². The summed E-state index contributed by atoms with van der Waals surface area (Å²) in [7, 11) is 0. The first-order valence-electron chi connectivity index (χ1n) is 7.41. The van der Waals surface area contributed by atoms with Crippen LogP contribution in [0.15, 0.2) is 36.5 Å². The molecule has 0 saturated heterocycles. The van der Waals surface area contributed by atoms with Crippen LogP contribution in [-0.2, 0) is 11.3 Å². The summed E-state index contributed by atoms with van der Waals surface area (Å²) in [5.41, 5.74) is 1.86.